The van der Waals surface area contributed by atoms with Crippen molar-refractivity contribution in [3.05, 3.63) is 59.9 Å². The molecule has 0 aliphatic carbocycles. The van der Waals surface area contributed by atoms with Crippen LogP contribution in [0, 0.1) is 17.1 Å². The Hall–Kier alpha value is -2.92. The lowest BCUT2D eigenvalue weighted by molar-refractivity contribution is -0.117. The van der Waals surface area contributed by atoms with Crippen molar-refractivity contribution in [2.75, 3.05) is 15.9 Å². The number of carbonyl (C=O) groups is 1. The Labute approximate surface area is 158 Å². The lowest BCUT2D eigenvalue weighted by Gasteiger charge is -2.30. The molecular weight excluding hydrogens is 369 g/mol. The van der Waals surface area contributed by atoms with Crippen LogP contribution in [0.3, 0.4) is 0 Å². The molecule has 0 spiro atoms. The van der Waals surface area contributed by atoms with Crippen molar-refractivity contribution in [3.8, 4) is 6.07 Å². The summed E-state index contributed by atoms with van der Waals surface area (Å²) in [4.78, 5) is 12.7. The number of anilines is 2. The van der Waals surface area contributed by atoms with Crippen LogP contribution in [0.2, 0.25) is 0 Å². The van der Waals surface area contributed by atoms with E-state index in [9.17, 15) is 17.6 Å². The number of nitrogens with zero attached hydrogens (tertiary/aromatic N) is 2. The van der Waals surface area contributed by atoms with Gasteiger partial charge >= 0.3 is 0 Å². The summed E-state index contributed by atoms with van der Waals surface area (Å²) in [6, 6.07) is 12.7. The standard InChI is InChI=1S/C19H20FN3O3S/c1-3-18(19(24)22-16-8-4-14(5-9-16)12-13-21)23(27(2,25)26)17-10-6-15(20)7-11-17/h4-11,18H,3,12H2,1-2H3,(H,22,24)/t18-/m0/s1. The number of halogens is 1. The highest BCUT2D eigenvalue weighted by Gasteiger charge is 2.31. The minimum absolute atomic E-state index is 0.213. The number of hydrogen-bond acceptors (Lipinski definition) is 4. The van der Waals surface area contributed by atoms with Crippen LogP contribution in [0.4, 0.5) is 15.8 Å². The molecule has 1 atom stereocenters. The van der Waals surface area contributed by atoms with Gasteiger partial charge in [0.05, 0.1) is 24.4 Å². The minimum Gasteiger partial charge on any atom is -0.324 e. The number of benzene rings is 2. The predicted octanol–water partition coefficient (Wildman–Crippen LogP) is 3.08. The van der Waals surface area contributed by atoms with Crippen molar-refractivity contribution in [2.45, 2.75) is 25.8 Å². The van der Waals surface area contributed by atoms with E-state index in [1.165, 1.54) is 12.1 Å². The third kappa shape index (κ3) is 5.28. The molecule has 6 nitrogen and oxygen atoms in total. The van der Waals surface area contributed by atoms with Gasteiger partial charge in [-0.15, -0.1) is 0 Å². The Kier molecular flexibility index (Phi) is 6.53. The first-order valence-corrected chi connectivity index (χ1v) is 10.1. The summed E-state index contributed by atoms with van der Waals surface area (Å²) in [7, 11) is -3.78. The quantitative estimate of drug-likeness (QED) is 0.788. The van der Waals surface area contributed by atoms with E-state index >= 15 is 0 Å². The summed E-state index contributed by atoms with van der Waals surface area (Å²) in [6.07, 6.45) is 1.49. The van der Waals surface area contributed by atoms with Crippen LogP contribution < -0.4 is 9.62 Å². The topological polar surface area (TPSA) is 90.3 Å². The summed E-state index contributed by atoms with van der Waals surface area (Å²) in [6.45, 7) is 1.70. The Balaban J connectivity index is 2.29. The lowest BCUT2D eigenvalue weighted by Crippen LogP contribution is -2.47. The number of amides is 1. The van der Waals surface area contributed by atoms with Crippen LogP contribution in [0.1, 0.15) is 18.9 Å². The van der Waals surface area contributed by atoms with Crippen molar-refractivity contribution in [2.24, 2.45) is 0 Å². The maximum Gasteiger partial charge on any atom is 0.248 e. The Morgan fingerprint density at radius 1 is 1.19 bits per heavy atom. The van der Waals surface area contributed by atoms with Gasteiger partial charge in [-0.25, -0.2) is 12.8 Å². The average Bonchev–Trinajstić information content (AvgIpc) is 2.61. The van der Waals surface area contributed by atoms with Crippen molar-refractivity contribution < 1.29 is 17.6 Å². The lowest BCUT2D eigenvalue weighted by atomic mass is 10.1. The molecule has 0 saturated heterocycles. The summed E-state index contributed by atoms with van der Waals surface area (Å²) >= 11 is 0. The summed E-state index contributed by atoms with van der Waals surface area (Å²) in [5.41, 5.74) is 1.52. The number of nitriles is 1. The normalized spacial score (nSPS) is 12.1. The number of sulfonamides is 1. The fourth-order valence-electron chi connectivity index (χ4n) is 2.67. The van der Waals surface area contributed by atoms with E-state index in [4.69, 9.17) is 5.26 Å². The molecule has 2 rings (SSSR count). The monoisotopic (exact) mass is 389 g/mol. The van der Waals surface area contributed by atoms with Crippen LogP contribution in [0.25, 0.3) is 0 Å². The highest BCUT2D eigenvalue weighted by atomic mass is 32.2. The van der Waals surface area contributed by atoms with E-state index in [1.54, 1.807) is 31.2 Å². The van der Waals surface area contributed by atoms with Crippen molar-refractivity contribution in [3.63, 3.8) is 0 Å². The predicted molar refractivity (Wildman–Crippen MR) is 102 cm³/mol. The van der Waals surface area contributed by atoms with Crippen LogP contribution in [0.5, 0.6) is 0 Å². The Morgan fingerprint density at radius 2 is 1.78 bits per heavy atom. The van der Waals surface area contributed by atoms with Gasteiger partial charge in [0.25, 0.3) is 0 Å². The zero-order valence-corrected chi connectivity index (χ0v) is 15.8. The first kappa shape index (κ1) is 20.4. The van der Waals surface area contributed by atoms with Crippen LogP contribution in [-0.2, 0) is 21.2 Å². The van der Waals surface area contributed by atoms with Gasteiger partial charge in [0, 0.05) is 5.69 Å². The molecule has 0 heterocycles. The van der Waals surface area contributed by atoms with Crippen LogP contribution >= 0.6 is 0 Å². The van der Waals surface area contributed by atoms with Gasteiger partial charge < -0.3 is 5.32 Å². The Bertz CT molecular complexity index is 936. The van der Waals surface area contributed by atoms with E-state index in [-0.39, 0.29) is 18.5 Å². The molecule has 142 valence electrons. The van der Waals surface area contributed by atoms with Gasteiger partial charge in [0.15, 0.2) is 0 Å². The SMILES string of the molecule is CC[C@@H](C(=O)Nc1ccc(CC#N)cc1)N(c1ccc(F)cc1)S(C)(=O)=O. The molecule has 27 heavy (non-hydrogen) atoms. The van der Waals surface area contributed by atoms with Gasteiger partial charge in [0.2, 0.25) is 15.9 Å². The van der Waals surface area contributed by atoms with Gasteiger partial charge in [-0.2, -0.15) is 5.26 Å². The van der Waals surface area contributed by atoms with E-state index < -0.39 is 27.8 Å². The van der Waals surface area contributed by atoms with Crippen molar-refractivity contribution >= 4 is 27.3 Å². The highest BCUT2D eigenvalue weighted by molar-refractivity contribution is 7.92. The molecule has 0 saturated carbocycles. The second kappa shape index (κ2) is 8.64. The third-order valence-corrected chi connectivity index (χ3v) is 5.10. The second-order valence-corrected chi connectivity index (χ2v) is 7.84. The largest absolute Gasteiger partial charge is 0.324 e. The summed E-state index contributed by atoms with van der Waals surface area (Å²) in [5, 5.41) is 11.4. The average molecular weight is 389 g/mol. The van der Waals surface area contributed by atoms with Gasteiger partial charge in [-0.05, 0) is 48.4 Å². The molecule has 2 aromatic rings. The molecule has 0 aliphatic rings. The Morgan fingerprint density at radius 3 is 2.26 bits per heavy atom. The maximum absolute atomic E-state index is 13.2. The molecule has 0 bridgehead atoms. The first-order chi connectivity index (χ1) is 12.8. The van der Waals surface area contributed by atoms with E-state index in [0.29, 0.717) is 5.69 Å². The molecule has 1 amide bonds. The van der Waals surface area contributed by atoms with Crippen LogP contribution in [0.15, 0.2) is 48.5 Å². The zero-order valence-electron chi connectivity index (χ0n) is 15.0. The molecular formula is C19H20FN3O3S. The third-order valence-electron chi connectivity index (χ3n) is 3.92. The van der Waals surface area contributed by atoms with Crippen molar-refractivity contribution in [1.29, 1.82) is 5.26 Å². The van der Waals surface area contributed by atoms with Crippen LogP contribution in [-0.4, -0.2) is 26.6 Å². The zero-order chi connectivity index (χ0) is 20.0. The fraction of sp³-hybridized carbons (Fsp3) is 0.263. The van der Waals surface area contributed by atoms with Gasteiger partial charge in [-0.1, -0.05) is 19.1 Å². The van der Waals surface area contributed by atoms with E-state index in [1.807, 2.05) is 6.07 Å². The highest BCUT2D eigenvalue weighted by Crippen LogP contribution is 2.23. The smallest absolute Gasteiger partial charge is 0.248 e. The second-order valence-electron chi connectivity index (χ2n) is 5.98. The molecule has 0 aromatic heterocycles. The number of hydrogen-bond donors (Lipinski definition) is 1. The molecule has 2 aromatic carbocycles. The minimum atomic E-state index is -3.78. The molecule has 0 aliphatic heterocycles. The summed E-state index contributed by atoms with van der Waals surface area (Å²) < 4.78 is 38.8. The van der Waals surface area contributed by atoms with E-state index in [2.05, 4.69) is 5.32 Å². The molecule has 1 N–H and O–H groups in total. The molecule has 0 unspecified atom stereocenters. The van der Waals surface area contributed by atoms with Gasteiger partial charge in [-0.3, -0.25) is 9.10 Å². The number of nitrogens with one attached hydrogen (secondary N) is 1. The first-order valence-electron chi connectivity index (χ1n) is 8.28. The molecule has 0 fully saturated rings. The molecule has 0 radical (unpaired) electrons. The maximum atomic E-state index is 13.2. The fourth-order valence-corrected chi connectivity index (χ4v) is 3.88. The molecule has 8 heteroatoms. The summed E-state index contributed by atoms with van der Waals surface area (Å²) in [5.74, 6) is -0.998. The number of rotatable bonds is 7. The van der Waals surface area contributed by atoms with Gasteiger partial charge in [0.1, 0.15) is 11.9 Å². The van der Waals surface area contributed by atoms with E-state index in [0.717, 1.165) is 28.3 Å². The van der Waals surface area contributed by atoms with Crippen molar-refractivity contribution in [1.82, 2.24) is 0 Å². The number of carbonyl (C=O) groups excluding carboxylic acids is 1.